The van der Waals surface area contributed by atoms with Crippen LogP contribution in [0.25, 0.3) is 10.9 Å². The SMILES string of the molecule is C[C@H]1[C@H](Sc2ccc3ccccc3n2)O[C@@H]2O[C@@]3(C)CC[C@H]4[C@H](C)CC[C@@H]1[C@@]24OO3. The minimum Gasteiger partial charge on any atom is -0.335 e. The van der Waals surface area contributed by atoms with Crippen LogP contribution in [-0.2, 0) is 19.2 Å². The standard InChI is InChI=1S/C24H29NO4S/c1-14-8-10-18-15(2)21(30-20-11-9-16-6-4-5-7-19(16)25-20)26-22-24(18)17(14)12-13-23(3,27-22)28-29-24/h4-7,9,11,14-15,17-18,21-22H,8,10,12-13H2,1-3H3/t14-,15-,17+,18+,21+,22-,23-,24-/m1/s1. The summed E-state index contributed by atoms with van der Waals surface area (Å²) in [6.45, 7) is 6.62. The minimum absolute atomic E-state index is 0.0279. The van der Waals surface area contributed by atoms with Crippen molar-refractivity contribution in [3.63, 3.8) is 0 Å². The van der Waals surface area contributed by atoms with Crippen molar-refractivity contribution in [2.75, 3.05) is 0 Å². The summed E-state index contributed by atoms with van der Waals surface area (Å²) in [4.78, 5) is 17.0. The molecule has 7 rings (SSSR count). The van der Waals surface area contributed by atoms with Gasteiger partial charge in [0.05, 0.1) is 10.5 Å². The first kappa shape index (κ1) is 19.5. The van der Waals surface area contributed by atoms with Crippen LogP contribution in [-0.4, -0.2) is 28.1 Å². The van der Waals surface area contributed by atoms with Crippen molar-refractivity contribution in [3.05, 3.63) is 36.4 Å². The third-order valence-corrected chi connectivity index (χ3v) is 9.15. The Morgan fingerprint density at radius 1 is 1.00 bits per heavy atom. The number of pyridine rings is 1. The molecule has 4 aliphatic heterocycles. The highest BCUT2D eigenvalue weighted by molar-refractivity contribution is 7.99. The van der Waals surface area contributed by atoms with Crippen LogP contribution in [0.4, 0.5) is 0 Å². The van der Waals surface area contributed by atoms with Gasteiger partial charge in [-0.05, 0) is 56.1 Å². The maximum Gasteiger partial charge on any atom is 0.201 e. The maximum absolute atomic E-state index is 6.67. The van der Waals surface area contributed by atoms with Gasteiger partial charge in [-0.25, -0.2) is 14.8 Å². The molecular formula is C24H29NO4S. The van der Waals surface area contributed by atoms with Gasteiger partial charge in [0.2, 0.25) is 5.79 Å². The minimum atomic E-state index is -0.728. The first-order valence-electron chi connectivity index (χ1n) is 11.2. The number of para-hydroxylation sites is 1. The molecule has 5 nitrogen and oxygen atoms in total. The molecule has 0 amide bonds. The van der Waals surface area contributed by atoms with E-state index < -0.39 is 17.7 Å². The van der Waals surface area contributed by atoms with Crippen LogP contribution in [0.2, 0.25) is 0 Å². The molecule has 6 heteroatoms. The molecule has 0 radical (unpaired) electrons. The van der Waals surface area contributed by atoms with Crippen LogP contribution in [0.1, 0.15) is 46.5 Å². The average molecular weight is 428 g/mol. The zero-order chi connectivity index (χ0) is 20.5. The van der Waals surface area contributed by atoms with Gasteiger partial charge < -0.3 is 9.47 Å². The van der Waals surface area contributed by atoms with Crippen molar-refractivity contribution in [1.82, 2.24) is 4.98 Å². The van der Waals surface area contributed by atoms with E-state index in [0.29, 0.717) is 23.7 Å². The lowest BCUT2D eigenvalue weighted by atomic mass is 9.58. The van der Waals surface area contributed by atoms with Gasteiger partial charge >= 0.3 is 0 Å². The number of benzene rings is 1. The highest BCUT2D eigenvalue weighted by Crippen LogP contribution is 2.61. The molecule has 5 aliphatic rings. The van der Waals surface area contributed by atoms with Crippen LogP contribution in [0.15, 0.2) is 41.4 Å². The Hall–Kier alpha value is -1.18. The first-order chi connectivity index (χ1) is 14.5. The van der Waals surface area contributed by atoms with E-state index in [0.717, 1.165) is 35.2 Å². The van der Waals surface area contributed by atoms with Gasteiger partial charge in [-0.15, -0.1) is 0 Å². The van der Waals surface area contributed by atoms with Gasteiger partial charge in [0, 0.05) is 17.7 Å². The number of ether oxygens (including phenoxy) is 2. The molecule has 8 atom stereocenters. The van der Waals surface area contributed by atoms with Crippen LogP contribution < -0.4 is 0 Å². The molecule has 1 spiro atoms. The van der Waals surface area contributed by atoms with Crippen molar-refractivity contribution in [2.24, 2.45) is 23.7 Å². The van der Waals surface area contributed by atoms with Gasteiger partial charge in [-0.2, -0.15) is 0 Å². The summed E-state index contributed by atoms with van der Waals surface area (Å²) in [5, 5.41) is 2.15. The largest absolute Gasteiger partial charge is 0.335 e. The van der Waals surface area contributed by atoms with Crippen LogP contribution >= 0.6 is 11.8 Å². The highest BCUT2D eigenvalue weighted by atomic mass is 32.2. The predicted molar refractivity (Wildman–Crippen MR) is 114 cm³/mol. The second kappa shape index (κ2) is 6.91. The van der Waals surface area contributed by atoms with Crippen molar-refractivity contribution in [1.29, 1.82) is 0 Å². The van der Waals surface area contributed by atoms with Crippen molar-refractivity contribution in [3.8, 4) is 0 Å². The molecule has 0 unspecified atom stereocenters. The third-order valence-electron chi connectivity index (χ3n) is 7.91. The van der Waals surface area contributed by atoms with Crippen molar-refractivity contribution in [2.45, 2.75) is 74.6 Å². The third kappa shape index (κ3) is 2.81. The number of hydrogen-bond donors (Lipinski definition) is 0. The lowest BCUT2D eigenvalue weighted by Gasteiger charge is -2.60. The van der Waals surface area contributed by atoms with Crippen molar-refractivity contribution >= 4 is 22.7 Å². The zero-order valence-electron chi connectivity index (χ0n) is 17.7. The first-order valence-corrected chi connectivity index (χ1v) is 12.1. The number of rotatable bonds is 2. The van der Waals surface area contributed by atoms with E-state index in [2.05, 4.69) is 38.1 Å². The fourth-order valence-corrected chi connectivity index (χ4v) is 7.34. The monoisotopic (exact) mass is 427 g/mol. The van der Waals surface area contributed by atoms with E-state index in [-0.39, 0.29) is 5.44 Å². The molecule has 30 heavy (non-hydrogen) atoms. The Kier molecular flexibility index (Phi) is 4.49. The zero-order valence-corrected chi connectivity index (χ0v) is 18.6. The van der Waals surface area contributed by atoms with E-state index in [1.54, 1.807) is 11.8 Å². The number of hydrogen-bond acceptors (Lipinski definition) is 6. The summed E-state index contributed by atoms with van der Waals surface area (Å²) in [6, 6.07) is 12.5. The predicted octanol–water partition coefficient (Wildman–Crippen LogP) is 5.53. The Bertz CT molecular complexity index is 971. The second-order valence-corrected chi connectivity index (χ2v) is 10.9. The maximum atomic E-state index is 6.67. The van der Waals surface area contributed by atoms with E-state index in [4.69, 9.17) is 24.2 Å². The van der Waals surface area contributed by atoms with E-state index in [9.17, 15) is 0 Å². The molecule has 5 fully saturated rings. The molecular weight excluding hydrogens is 398 g/mol. The Labute approximate surface area is 181 Å². The van der Waals surface area contributed by atoms with Gasteiger partial charge in [0.25, 0.3) is 0 Å². The fraction of sp³-hybridized carbons (Fsp3) is 0.625. The van der Waals surface area contributed by atoms with Gasteiger partial charge in [-0.3, -0.25) is 0 Å². The molecule has 1 aliphatic carbocycles. The molecule has 2 aromatic rings. The molecule has 2 bridgehead atoms. The van der Waals surface area contributed by atoms with Crippen LogP contribution in [0.5, 0.6) is 0 Å². The molecule has 4 saturated heterocycles. The molecule has 1 saturated carbocycles. The quantitative estimate of drug-likeness (QED) is 0.587. The summed E-state index contributed by atoms with van der Waals surface area (Å²) in [6.07, 6.45) is 3.84. The molecule has 1 aromatic carbocycles. The summed E-state index contributed by atoms with van der Waals surface area (Å²) in [5.74, 6) is 0.910. The molecule has 0 N–H and O–H groups in total. The second-order valence-electron chi connectivity index (χ2n) is 9.73. The summed E-state index contributed by atoms with van der Waals surface area (Å²) < 4.78 is 13.1. The molecule has 1 aromatic heterocycles. The molecule has 160 valence electrons. The van der Waals surface area contributed by atoms with Crippen LogP contribution in [0.3, 0.4) is 0 Å². The number of aromatic nitrogens is 1. The normalized spacial score (nSPS) is 45.2. The summed E-state index contributed by atoms with van der Waals surface area (Å²) in [5.41, 5.74) is 0.490. The smallest absolute Gasteiger partial charge is 0.201 e. The topological polar surface area (TPSA) is 49.8 Å². The summed E-state index contributed by atoms with van der Waals surface area (Å²) >= 11 is 1.71. The van der Waals surface area contributed by atoms with Crippen LogP contribution in [0, 0.1) is 23.7 Å². The highest BCUT2D eigenvalue weighted by Gasteiger charge is 2.69. The van der Waals surface area contributed by atoms with Gasteiger partial charge in [0.1, 0.15) is 5.44 Å². The Morgan fingerprint density at radius 2 is 1.87 bits per heavy atom. The Morgan fingerprint density at radius 3 is 2.77 bits per heavy atom. The van der Waals surface area contributed by atoms with Gasteiger partial charge in [-0.1, -0.05) is 49.9 Å². The summed E-state index contributed by atoms with van der Waals surface area (Å²) in [7, 11) is 0. The van der Waals surface area contributed by atoms with E-state index in [1.807, 2.05) is 19.1 Å². The Balaban J connectivity index is 1.34. The van der Waals surface area contributed by atoms with Crippen molar-refractivity contribution < 1.29 is 19.2 Å². The number of fused-ring (bicyclic) bond motifs is 3. The lowest BCUT2D eigenvalue weighted by Crippen LogP contribution is -2.70. The molecule has 5 heterocycles. The lowest BCUT2D eigenvalue weighted by molar-refractivity contribution is -0.568. The average Bonchev–Trinajstić information content (AvgIpc) is 2.98. The van der Waals surface area contributed by atoms with Gasteiger partial charge in [0.15, 0.2) is 11.9 Å². The van der Waals surface area contributed by atoms with E-state index >= 15 is 0 Å². The number of nitrogens with zero attached hydrogens (tertiary/aromatic N) is 1. The number of thioether (sulfide) groups is 1. The fourth-order valence-electron chi connectivity index (χ4n) is 6.24. The van der Waals surface area contributed by atoms with E-state index in [1.165, 1.54) is 6.42 Å².